The third-order valence-electron chi connectivity index (χ3n) is 3.97. The number of fused-ring (bicyclic) bond motifs is 1. The number of aliphatic carboxylic acids is 1. The second-order valence-electron chi connectivity index (χ2n) is 5.60. The second-order valence-corrected chi connectivity index (χ2v) is 5.60. The number of aryl methyl sites for hydroxylation is 3. The van der Waals surface area contributed by atoms with Crippen molar-refractivity contribution in [2.75, 3.05) is 0 Å². The highest BCUT2D eigenvalue weighted by Crippen LogP contribution is 2.21. The van der Waals surface area contributed by atoms with Crippen molar-refractivity contribution in [1.29, 1.82) is 0 Å². The van der Waals surface area contributed by atoms with Gasteiger partial charge in [0.05, 0.1) is 12.1 Å². The molecule has 1 aromatic carbocycles. The van der Waals surface area contributed by atoms with Crippen molar-refractivity contribution in [3.8, 4) is 11.3 Å². The Kier molecular flexibility index (Phi) is 3.73. The molecule has 0 unspecified atom stereocenters. The van der Waals surface area contributed by atoms with Crippen LogP contribution in [0.4, 0.5) is 0 Å². The van der Waals surface area contributed by atoms with Crippen LogP contribution in [0.15, 0.2) is 41.5 Å². The van der Waals surface area contributed by atoms with Gasteiger partial charge in [0.1, 0.15) is 5.52 Å². The van der Waals surface area contributed by atoms with Crippen molar-refractivity contribution in [2.24, 2.45) is 0 Å². The van der Waals surface area contributed by atoms with Crippen LogP contribution >= 0.6 is 0 Å². The Morgan fingerprint density at radius 3 is 2.65 bits per heavy atom. The molecular weight excluding hydrogens is 294 g/mol. The first-order valence-corrected chi connectivity index (χ1v) is 7.34. The van der Waals surface area contributed by atoms with E-state index >= 15 is 0 Å². The number of carbonyl (C=O) groups is 1. The lowest BCUT2D eigenvalue weighted by Gasteiger charge is -2.03. The van der Waals surface area contributed by atoms with Crippen molar-refractivity contribution in [3.05, 3.63) is 58.1 Å². The zero-order valence-electron chi connectivity index (χ0n) is 13.0. The highest BCUT2D eigenvalue weighted by molar-refractivity contribution is 5.67. The SMILES string of the molecule is Cc1ccc(-c2cc3c(=O)n(CCC(=O)O)ccn3n2)cc1C. The van der Waals surface area contributed by atoms with Crippen LogP contribution < -0.4 is 5.56 Å². The molecule has 0 aliphatic carbocycles. The molecule has 0 aliphatic heterocycles. The summed E-state index contributed by atoms with van der Waals surface area (Å²) in [5.74, 6) is -0.930. The van der Waals surface area contributed by atoms with Gasteiger partial charge < -0.3 is 9.67 Å². The fraction of sp³-hybridized carbons (Fsp3) is 0.235. The van der Waals surface area contributed by atoms with Gasteiger partial charge in [-0.2, -0.15) is 5.10 Å². The number of benzene rings is 1. The average molecular weight is 311 g/mol. The van der Waals surface area contributed by atoms with Gasteiger partial charge in [0.25, 0.3) is 5.56 Å². The summed E-state index contributed by atoms with van der Waals surface area (Å²) in [5.41, 5.74) is 4.24. The molecule has 23 heavy (non-hydrogen) atoms. The maximum atomic E-state index is 12.4. The first-order chi connectivity index (χ1) is 11.0. The molecule has 0 fully saturated rings. The molecule has 0 aliphatic rings. The van der Waals surface area contributed by atoms with Crippen molar-refractivity contribution in [3.63, 3.8) is 0 Å². The number of rotatable bonds is 4. The predicted octanol–water partition coefficient (Wildman–Crippen LogP) is 2.25. The molecule has 0 saturated carbocycles. The van der Waals surface area contributed by atoms with Gasteiger partial charge in [-0.05, 0) is 37.1 Å². The molecule has 3 rings (SSSR count). The minimum atomic E-state index is -0.930. The van der Waals surface area contributed by atoms with Crippen molar-refractivity contribution < 1.29 is 9.90 Å². The number of aromatic nitrogens is 3. The van der Waals surface area contributed by atoms with E-state index in [1.807, 2.05) is 32.0 Å². The summed E-state index contributed by atoms with van der Waals surface area (Å²) in [6.07, 6.45) is 3.15. The molecule has 0 spiro atoms. The van der Waals surface area contributed by atoms with Crippen LogP contribution in [-0.4, -0.2) is 25.3 Å². The number of nitrogens with zero attached hydrogens (tertiary/aromatic N) is 3. The fourth-order valence-electron chi connectivity index (χ4n) is 2.46. The van der Waals surface area contributed by atoms with Crippen LogP contribution in [0.2, 0.25) is 0 Å². The van der Waals surface area contributed by atoms with Crippen molar-refractivity contribution in [1.82, 2.24) is 14.2 Å². The Bertz CT molecular complexity index is 953. The van der Waals surface area contributed by atoms with E-state index in [0.717, 1.165) is 11.3 Å². The van der Waals surface area contributed by atoms with Gasteiger partial charge in [0, 0.05) is 24.5 Å². The van der Waals surface area contributed by atoms with Gasteiger partial charge in [-0.15, -0.1) is 0 Å². The molecule has 6 heteroatoms. The van der Waals surface area contributed by atoms with Gasteiger partial charge in [-0.25, -0.2) is 4.52 Å². The number of carboxylic acids is 1. The Hall–Kier alpha value is -2.89. The summed E-state index contributed by atoms with van der Waals surface area (Å²) in [4.78, 5) is 23.1. The summed E-state index contributed by atoms with van der Waals surface area (Å²) in [5, 5.41) is 13.2. The smallest absolute Gasteiger partial charge is 0.305 e. The van der Waals surface area contributed by atoms with E-state index in [2.05, 4.69) is 5.10 Å². The predicted molar refractivity (Wildman–Crippen MR) is 86.6 cm³/mol. The quantitative estimate of drug-likeness (QED) is 0.802. The van der Waals surface area contributed by atoms with E-state index < -0.39 is 5.97 Å². The van der Waals surface area contributed by atoms with E-state index in [9.17, 15) is 9.59 Å². The third-order valence-corrected chi connectivity index (χ3v) is 3.97. The Morgan fingerprint density at radius 2 is 1.96 bits per heavy atom. The van der Waals surface area contributed by atoms with Gasteiger partial charge >= 0.3 is 5.97 Å². The molecule has 118 valence electrons. The number of hydrogen-bond donors (Lipinski definition) is 1. The summed E-state index contributed by atoms with van der Waals surface area (Å²) in [6, 6.07) is 7.79. The molecule has 2 aromatic heterocycles. The number of hydrogen-bond acceptors (Lipinski definition) is 3. The summed E-state index contributed by atoms with van der Waals surface area (Å²) < 4.78 is 2.93. The molecule has 6 nitrogen and oxygen atoms in total. The van der Waals surface area contributed by atoms with E-state index in [4.69, 9.17) is 5.11 Å². The van der Waals surface area contributed by atoms with Crippen LogP contribution in [0.1, 0.15) is 17.5 Å². The Balaban J connectivity index is 2.04. The molecule has 3 aromatic rings. The normalized spacial score (nSPS) is 11.0. The van der Waals surface area contributed by atoms with Crippen LogP contribution in [0.25, 0.3) is 16.8 Å². The van der Waals surface area contributed by atoms with Gasteiger partial charge in [0.15, 0.2) is 0 Å². The zero-order valence-corrected chi connectivity index (χ0v) is 13.0. The molecule has 2 heterocycles. The minimum Gasteiger partial charge on any atom is -0.481 e. The molecule has 0 radical (unpaired) electrons. The summed E-state index contributed by atoms with van der Waals surface area (Å²) >= 11 is 0. The van der Waals surface area contributed by atoms with E-state index in [0.29, 0.717) is 5.52 Å². The standard InChI is InChI=1S/C17H17N3O3/c1-11-3-4-13(9-12(11)2)14-10-15-17(23)19(6-5-16(21)22)7-8-20(15)18-14/h3-4,7-10H,5-6H2,1-2H3,(H,21,22). The highest BCUT2D eigenvalue weighted by atomic mass is 16.4. The van der Waals surface area contributed by atoms with Gasteiger partial charge in [-0.1, -0.05) is 12.1 Å². The van der Waals surface area contributed by atoms with Crippen LogP contribution in [0.5, 0.6) is 0 Å². The molecule has 1 N–H and O–H groups in total. The third kappa shape index (κ3) is 2.88. The topological polar surface area (TPSA) is 76.6 Å². The monoisotopic (exact) mass is 311 g/mol. The highest BCUT2D eigenvalue weighted by Gasteiger charge is 2.10. The van der Waals surface area contributed by atoms with Gasteiger partial charge in [0.2, 0.25) is 0 Å². The lowest BCUT2D eigenvalue weighted by atomic mass is 10.0. The molecule has 0 amide bonds. The van der Waals surface area contributed by atoms with E-state index in [1.54, 1.807) is 18.5 Å². The van der Waals surface area contributed by atoms with E-state index in [1.165, 1.54) is 20.2 Å². The number of carboxylic acid groups (broad SMARTS) is 1. The second kappa shape index (κ2) is 5.72. The van der Waals surface area contributed by atoms with Crippen LogP contribution in [0.3, 0.4) is 0 Å². The van der Waals surface area contributed by atoms with Crippen molar-refractivity contribution in [2.45, 2.75) is 26.8 Å². The van der Waals surface area contributed by atoms with Crippen LogP contribution in [-0.2, 0) is 11.3 Å². The Morgan fingerprint density at radius 1 is 1.17 bits per heavy atom. The zero-order chi connectivity index (χ0) is 16.6. The Labute approximate surface area is 132 Å². The summed E-state index contributed by atoms with van der Waals surface area (Å²) in [7, 11) is 0. The molecular formula is C17H17N3O3. The fourth-order valence-corrected chi connectivity index (χ4v) is 2.46. The summed E-state index contributed by atoms with van der Waals surface area (Å²) in [6.45, 7) is 4.23. The average Bonchev–Trinajstić information content (AvgIpc) is 2.94. The molecule has 0 bridgehead atoms. The lowest BCUT2D eigenvalue weighted by Crippen LogP contribution is -2.22. The maximum absolute atomic E-state index is 12.4. The first-order valence-electron chi connectivity index (χ1n) is 7.34. The first kappa shape index (κ1) is 15.0. The van der Waals surface area contributed by atoms with Crippen molar-refractivity contribution >= 4 is 11.5 Å². The largest absolute Gasteiger partial charge is 0.481 e. The van der Waals surface area contributed by atoms with Gasteiger partial charge in [-0.3, -0.25) is 9.59 Å². The van der Waals surface area contributed by atoms with E-state index in [-0.39, 0.29) is 18.5 Å². The minimum absolute atomic E-state index is 0.0891. The molecule has 0 saturated heterocycles. The maximum Gasteiger partial charge on any atom is 0.305 e. The lowest BCUT2D eigenvalue weighted by molar-refractivity contribution is -0.137. The molecule has 0 atom stereocenters. The van der Waals surface area contributed by atoms with Crippen LogP contribution in [0, 0.1) is 13.8 Å².